The maximum Gasteiger partial charge on any atom is 0.415 e. The highest BCUT2D eigenvalue weighted by Crippen LogP contribution is 2.46. The molecule has 8 rings (SSSR count). The largest absolute Gasteiger partial charge is 0.471 e. The summed E-state index contributed by atoms with van der Waals surface area (Å²) < 4.78 is 40.1. The summed E-state index contributed by atoms with van der Waals surface area (Å²) in [4.78, 5) is 69.9. The topological polar surface area (TPSA) is 177 Å². The Morgan fingerprint density at radius 2 is 1.70 bits per heavy atom. The van der Waals surface area contributed by atoms with E-state index in [-0.39, 0.29) is 31.7 Å². The number of carbonyl (C=O) groups is 4. The second-order valence-electron chi connectivity index (χ2n) is 15.7. The van der Waals surface area contributed by atoms with Gasteiger partial charge >= 0.3 is 6.09 Å². The molecule has 1 saturated heterocycles. The predicted octanol–water partition coefficient (Wildman–Crippen LogP) is 4.74. The van der Waals surface area contributed by atoms with Gasteiger partial charge < -0.3 is 19.7 Å². The second kappa shape index (κ2) is 14.0. The number of thiophene rings is 1. The molecule has 5 atom stereocenters. The number of hydrogen-bond acceptors (Lipinski definition) is 11. The lowest BCUT2D eigenvalue weighted by atomic mass is 10.1. The zero-order valence-corrected chi connectivity index (χ0v) is 32.8. The summed E-state index contributed by atoms with van der Waals surface area (Å²) in [5.74, 6) is -2.35. The molecule has 0 spiro atoms. The minimum Gasteiger partial charge on any atom is -0.471 e. The number of hydrogen-bond donors (Lipinski definition) is 2. The Bertz CT molecular complexity index is 2360. The van der Waals surface area contributed by atoms with Crippen molar-refractivity contribution >= 4 is 61.9 Å². The van der Waals surface area contributed by atoms with Gasteiger partial charge in [-0.15, -0.1) is 17.9 Å². The Kier molecular flexibility index (Phi) is 9.39. The minimum atomic E-state index is -3.92. The number of carbonyl (C=O) groups excluding carboxylic acids is 4. The number of aromatic nitrogens is 2. The van der Waals surface area contributed by atoms with Crippen LogP contribution >= 0.6 is 11.3 Å². The zero-order valence-electron chi connectivity index (χ0n) is 31.1. The van der Waals surface area contributed by atoms with Crippen LogP contribution in [-0.2, 0) is 35.6 Å². The van der Waals surface area contributed by atoms with Gasteiger partial charge in [0, 0.05) is 18.8 Å². The van der Waals surface area contributed by atoms with Crippen molar-refractivity contribution in [2.45, 2.75) is 87.5 Å². The van der Waals surface area contributed by atoms with E-state index in [0.29, 0.717) is 35.3 Å². The number of rotatable bonds is 10. The summed E-state index contributed by atoms with van der Waals surface area (Å²) in [5, 5.41) is 4.09. The van der Waals surface area contributed by atoms with Gasteiger partial charge in [-0.3, -0.25) is 24.0 Å². The second-order valence-corrected chi connectivity index (χ2v) is 18.6. The molecule has 56 heavy (non-hydrogen) atoms. The van der Waals surface area contributed by atoms with Crippen LogP contribution in [0.2, 0.25) is 0 Å². The van der Waals surface area contributed by atoms with Gasteiger partial charge in [-0.1, -0.05) is 42.5 Å². The number of para-hydroxylation sites is 3. The number of anilines is 1. The molecular formula is C40H42N6O8S2. The number of sulfonamides is 1. The molecule has 4 aliphatic rings. The Balaban J connectivity index is 1.13. The third-order valence-corrected chi connectivity index (χ3v) is 13.2. The molecule has 16 heteroatoms. The van der Waals surface area contributed by atoms with Crippen LogP contribution in [0.4, 0.5) is 10.5 Å². The number of benzene rings is 2. The Morgan fingerprint density at radius 3 is 2.36 bits per heavy atom. The summed E-state index contributed by atoms with van der Waals surface area (Å²) in [7, 11) is -3.92. The molecular weight excluding hydrogens is 757 g/mol. The van der Waals surface area contributed by atoms with Crippen LogP contribution < -0.4 is 19.7 Å². The van der Waals surface area contributed by atoms with E-state index in [2.05, 4.69) is 16.6 Å². The first-order valence-corrected chi connectivity index (χ1v) is 21.0. The number of likely N-dealkylation sites (tertiary alicyclic amines) is 1. The Hall–Kier alpha value is -5.35. The molecule has 4 heterocycles. The molecule has 3 fully saturated rings. The summed E-state index contributed by atoms with van der Waals surface area (Å²) in [6.07, 6.45) is 1.24. The lowest BCUT2D eigenvalue weighted by molar-refractivity contribution is -0.140. The maximum absolute atomic E-state index is 14.9. The molecule has 2 aromatic carbocycles. The smallest absolute Gasteiger partial charge is 0.415 e. The fourth-order valence-electron chi connectivity index (χ4n) is 7.50. The van der Waals surface area contributed by atoms with E-state index in [1.165, 1.54) is 27.2 Å². The van der Waals surface area contributed by atoms with Crippen molar-refractivity contribution in [1.82, 2.24) is 24.9 Å². The molecule has 2 saturated carbocycles. The molecule has 0 radical (unpaired) electrons. The van der Waals surface area contributed by atoms with E-state index < -0.39 is 74.3 Å². The molecule has 2 aromatic heterocycles. The summed E-state index contributed by atoms with van der Waals surface area (Å²) in [5.41, 5.74) is 0.628. The van der Waals surface area contributed by atoms with Crippen molar-refractivity contribution in [3.63, 3.8) is 0 Å². The van der Waals surface area contributed by atoms with Gasteiger partial charge in [0.25, 0.3) is 5.91 Å². The highest BCUT2D eigenvalue weighted by Gasteiger charge is 2.62. The number of ether oxygens (including phenoxy) is 2. The van der Waals surface area contributed by atoms with Crippen LogP contribution in [0.3, 0.4) is 0 Å². The standard InChI is InChI=1S/C40H42N6O8S2/c1-5-24-21-40(24,37(49)44-56(51,52)26-16-17-26)43-34(47)30-20-25(53-35-33(32-15-10-18-55-32)41-27-12-7-8-13-28(27)42-35)22-45(30)36(48)31-19-23-11-6-9-14-29(23)46(31)38(50)54-39(2,3)4/h5-15,18,24-26,30-31H,1,16-17,19-22H2,2-4H3,(H,43,47)(H,44,49)/t24-,25-,30+,31+,40-/m1/s1. The summed E-state index contributed by atoms with van der Waals surface area (Å²) in [6, 6.07) is 16.1. The van der Waals surface area contributed by atoms with Gasteiger partial charge in [0.15, 0.2) is 0 Å². The SMILES string of the molecule is C=C[C@@H]1C[C@]1(NC(=O)[C@@H]1C[C@@H](Oc2nc3ccccc3nc2-c2cccs2)CN1C(=O)[C@@H]1Cc2ccccc2N1C(=O)OC(C)(C)C)C(=O)NS(=O)(=O)C1CC1. The highest BCUT2D eigenvalue weighted by molar-refractivity contribution is 7.91. The maximum atomic E-state index is 14.9. The van der Waals surface area contributed by atoms with Crippen LogP contribution in [0, 0.1) is 5.92 Å². The van der Waals surface area contributed by atoms with Gasteiger partial charge in [0.05, 0.1) is 33.4 Å². The van der Waals surface area contributed by atoms with Crippen molar-refractivity contribution in [2.24, 2.45) is 5.92 Å². The van der Waals surface area contributed by atoms with Gasteiger partial charge in [-0.25, -0.2) is 23.2 Å². The summed E-state index contributed by atoms with van der Waals surface area (Å²) in [6.45, 7) is 8.95. The average molecular weight is 799 g/mol. The molecule has 2 aliphatic heterocycles. The van der Waals surface area contributed by atoms with Crippen molar-refractivity contribution in [3.8, 4) is 16.5 Å². The van der Waals surface area contributed by atoms with E-state index >= 15 is 0 Å². The highest BCUT2D eigenvalue weighted by atomic mass is 32.2. The number of nitrogens with zero attached hydrogens (tertiary/aromatic N) is 4. The first-order valence-electron chi connectivity index (χ1n) is 18.6. The van der Waals surface area contributed by atoms with Gasteiger partial charge in [0.2, 0.25) is 27.7 Å². The monoisotopic (exact) mass is 798 g/mol. The zero-order chi connectivity index (χ0) is 39.6. The molecule has 2 N–H and O–H groups in total. The molecule has 4 aromatic rings. The number of amides is 4. The normalized spacial score (nSPS) is 24.3. The van der Waals surface area contributed by atoms with E-state index in [9.17, 15) is 27.6 Å². The first-order chi connectivity index (χ1) is 26.7. The molecule has 2 aliphatic carbocycles. The van der Waals surface area contributed by atoms with E-state index in [1.54, 1.807) is 32.9 Å². The van der Waals surface area contributed by atoms with Crippen LogP contribution in [0.1, 0.15) is 52.0 Å². The quantitative estimate of drug-likeness (QED) is 0.213. The van der Waals surface area contributed by atoms with Gasteiger partial charge in [-0.2, -0.15) is 0 Å². The van der Waals surface area contributed by atoms with Crippen LogP contribution in [0.25, 0.3) is 21.6 Å². The summed E-state index contributed by atoms with van der Waals surface area (Å²) >= 11 is 1.46. The molecule has 14 nitrogen and oxygen atoms in total. The Labute approximate surface area is 328 Å². The number of nitrogens with one attached hydrogen (secondary N) is 2. The van der Waals surface area contributed by atoms with Crippen molar-refractivity contribution in [3.05, 3.63) is 84.3 Å². The van der Waals surface area contributed by atoms with E-state index in [4.69, 9.17) is 19.4 Å². The fraction of sp³-hybridized carbons (Fsp3) is 0.400. The molecule has 4 amide bonds. The third-order valence-electron chi connectivity index (χ3n) is 10.5. The van der Waals surface area contributed by atoms with Gasteiger partial charge in [-0.05, 0) is 75.2 Å². The number of fused-ring (bicyclic) bond motifs is 2. The van der Waals surface area contributed by atoms with Crippen LogP contribution in [-0.4, -0.2) is 88.2 Å². The first kappa shape index (κ1) is 37.6. The lowest BCUT2D eigenvalue weighted by Gasteiger charge is -2.32. The van der Waals surface area contributed by atoms with Crippen molar-refractivity contribution in [2.75, 3.05) is 11.4 Å². The van der Waals surface area contributed by atoms with Gasteiger partial charge in [0.1, 0.15) is 35.0 Å². The van der Waals surface area contributed by atoms with Crippen LogP contribution in [0.15, 0.2) is 78.7 Å². The lowest BCUT2D eigenvalue weighted by Crippen LogP contribution is -2.58. The minimum absolute atomic E-state index is 0.00110. The Morgan fingerprint density at radius 1 is 0.982 bits per heavy atom. The van der Waals surface area contributed by atoms with Crippen molar-refractivity contribution in [1.29, 1.82) is 0 Å². The third kappa shape index (κ3) is 7.11. The molecule has 292 valence electrons. The van der Waals surface area contributed by atoms with E-state index in [1.807, 2.05) is 53.9 Å². The predicted molar refractivity (Wildman–Crippen MR) is 209 cm³/mol. The average Bonchev–Trinajstić information content (AvgIpc) is 3.95. The van der Waals surface area contributed by atoms with E-state index in [0.717, 1.165) is 10.4 Å². The fourth-order valence-corrected chi connectivity index (χ4v) is 9.57. The molecule has 0 unspecified atom stereocenters. The van der Waals surface area contributed by atoms with Crippen molar-refractivity contribution < 1.29 is 37.1 Å². The van der Waals surface area contributed by atoms with Crippen LogP contribution in [0.5, 0.6) is 5.88 Å². The molecule has 0 bridgehead atoms.